The van der Waals surface area contributed by atoms with Crippen molar-refractivity contribution in [1.29, 1.82) is 0 Å². The number of fused-ring (bicyclic) bond motifs is 1. The third-order valence-electron chi connectivity index (χ3n) is 3.02. The fourth-order valence-corrected chi connectivity index (χ4v) is 2.48. The summed E-state index contributed by atoms with van der Waals surface area (Å²) in [5.74, 6) is 1.05. The molecule has 0 unspecified atom stereocenters. The van der Waals surface area contributed by atoms with Crippen molar-refractivity contribution in [2.45, 2.75) is 25.3 Å². The van der Waals surface area contributed by atoms with Crippen molar-refractivity contribution in [3.63, 3.8) is 0 Å². The molecule has 3 rings (SSSR count). The van der Waals surface area contributed by atoms with Gasteiger partial charge in [0.1, 0.15) is 17.2 Å². The standard InChI is InChI=1S/C12H11BrFNO/c13-8-3-7-10(4-9(8)14)16-11(5-15)12(7)6-1-2-6/h3-4,6H,1-2,5,15H2. The van der Waals surface area contributed by atoms with Crippen LogP contribution in [0.15, 0.2) is 21.0 Å². The third-order valence-corrected chi connectivity index (χ3v) is 3.62. The first-order valence-corrected chi connectivity index (χ1v) is 6.10. The minimum Gasteiger partial charge on any atom is -0.459 e. The molecule has 1 aliphatic carbocycles. The zero-order valence-corrected chi connectivity index (χ0v) is 10.2. The van der Waals surface area contributed by atoms with Crippen LogP contribution in [0.4, 0.5) is 4.39 Å². The van der Waals surface area contributed by atoms with Crippen molar-refractivity contribution in [1.82, 2.24) is 0 Å². The van der Waals surface area contributed by atoms with Crippen LogP contribution in [0.2, 0.25) is 0 Å². The lowest BCUT2D eigenvalue weighted by Crippen LogP contribution is -1.97. The number of hydrogen-bond donors (Lipinski definition) is 1. The molecule has 1 aliphatic rings. The van der Waals surface area contributed by atoms with Crippen LogP contribution >= 0.6 is 15.9 Å². The van der Waals surface area contributed by atoms with Gasteiger partial charge in [-0.25, -0.2) is 4.39 Å². The number of benzene rings is 1. The first kappa shape index (κ1) is 10.3. The molecule has 0 saturated heterocycles. The van der Waals surface area contributed by atoms with Gasteiger partial charge in [-0.2, -0.15) is 0 Å². The van der Waals surface area contributed by atoms with Crippen LogP contribution in [-0.2, 0) is 6.54 Å². The molecule has 0 bridgehead atoms. The molecule has 1 aromatic carbocycles. The van der Waals surface area contributed by atoms with E-state index >= 15 is 0 Å². The molecular weight excluding hydrogens is 273 g/mol. The second-order valence-electron chi connectivity index (χ2n) is 4.18. The van der Waals surface area contributed by atoms with Gasteiger partial charge in [0.15, 0.2) is 0 Å². The summed E-state index contributed by atoms with van der Waals surface area (Å²) in [4.78, 5) is 0. The van der Waals surface area contributed by atoms with Crippen molar-refractivity contribution in [2.24, 2.45) is 5.73 Å². The molecular formula is C12H11BrFNO. The third kappa shape index (κ3) is 1.48. The average Bonchev–Trinajstić information content (AvgIpc) is 3.03. The number of furan rings is 1. The summed E-state index contributed by atoms with van der Waals surface area (Å²) < 4.78 is 19.4. The van der Waals surface area contributed by atoms with E-state index < -0.39 is 0 Å². The minimum absolute atomic E-state index is 0.299. The zero-order chi connectivity index (χ0) is 11.3. The molecule has 0 amide bonds. The maximum absolute atomic E-state index is 13.4. The molecule has 84 valence electrons. The molecule has 0 aliphatic heterocycles. The molecule has 2 N–H and O–H groups in total. The van der Waals surface area contributed by atoms with E-state index in [1.807, 2.05) is 0 Å². The summed E-state index contributed by atoms with van der Waals surface area (Å²) in [7, 11) is 0. The maximum atomic E-state index is 13.4. The first-order chi connectivity index (χ1) is 7.70. The van der Waals surface area contributed by atoms with Crippen LogP contribution in [0.25, 0.3) is 11.0 Å². The predicted molar refractivity (Wildman–Crippen MR) is 63.7 cm³/mol. The normalized spacial score (nSPS) is 15.9. The highest BCUT2D eigenvalue weighted by molar-refractivity contribution is 9.10. The van der Waals surface area contributed by atoms with E-state index in [-0.39, 0.29) is 5.82 Å². The van der Waals surface area contributed by atoms with Gasteiger partial charge >= 0.3 is 0 Å². The van der Waals surface area contributed by atoms with E-state index in [1.165, 1.54) is 24.5 Å². The second-order valence-corrected chi connectivity index (χ2v) is 5.03. The number of nitrogens with two attached hydrogens (primary N) is 1. The summed E-state index contributed by atoms with van der Waals surface area (Å²) >= 11 is 3.20. The molecule has 1 aromatic heterocycles. The molecule has 1 saturated carbocycles. The molecule has 1 heterocycles. The van der Waals surface area contributed by atoms with Gasteiger partial charge in [-0.15, -0.1) is 0 Å². The smallest absolute Gasteiger partial charge is 0.141 e. The maximum Gasteiger partial charge on any atom is 0.141 e. The van der Waals surface area contributed by atoms with Gasteiger partial charge in [0.25, 0.3) is 0 Å². The van der Waals surface area contributed by atoms with Crippen LogP contribution < -0.4 is 5.73 Å². The van der Waals surface area contributed by atoms with E-state index in [0.717, 1.165) is 11.1 Å². The Morgan fingerprint density at radius 2 is 2.19 bits per heavy atom. The Balaban J connectivity index is 2.31. The Kier molecular flexibility index (Phi) is 2.30. The Labute approximate surface area is 101 Å². The van der Waals surface area contributed by atoms with Crippen LogP contribution in [0, 0.1) is 5.82 Å². The second kappa shape index (κ2) is 3.57. The van der Waals surface area contributed by atoms with Gasteiger partial charge in [0, 0.05) is 17.0 Å². The Morgan fingerprint density at radius 1 is 1.44 bits per heavy atom. The van der Waals surface area contributed by atoms with E-state index in [4.69, 9.17) is 10.2 Å². The van der Waals surface area contributed by atoms with E-state index in [1.54, 1.807) is 6.07 Å². The van der Waals surface area contributed by atoms with Gasteiger partial charge in [-0.3, -0.25) is 0 Å². The minimum atomic E-state index is -0.299. The van der Waals surface area contributed by atoms with Crippen molar-refractivity contribution in [3.8, 4) is 0 Å². The number of rotatable bonds is 2. The van der Waals surface area contributed by atoms with Crippen LogP contribution in [-0.4, -0.2) is 0 Å². The van der Waals surface area contributed by atoms with Crippen molar-refractivity contribution in [3.05, 3.63) is 33.7 Å². The highest BCUT2D eigenvalue weighted by Crippen LogP contribution is 2.46. The Hall–Kier alpha value is -0.870. The monoisotopic (exact) mass is 283 g/mol. The fourth-order valence-electron chi connectivity index (χ4n) is 2.13. The van der Waals surface area contributed by atoms with Gasteiger partial charge in [0.05, 0.1) is 11.0 Å². The van der Waals surface area contributed by atoms with Gasteiger partial charge in [0.2, 0.25) is 0 Å². The van der Waals surface area contributed by atoms with E-state index in [0.29, 0.717) is 22.5 Å². The summed E-state index contributed by atoms with van der Waals surface area (Å²) in [6.07, 6.45) is 2.35. The lowest BCUT2D eigenvalue weighted by molar-refractivity contribution is 0.541. The van der Waals surface area contributed by atoms with Crippen LogP contribution in [0.5, 0.6) is 0 Å². The molecule has 2 aromatic rings. The SMILES string of the molecule is NCc1oc2cc(F)c(Br)cc2c1C1CC1. The molecule has 0 atom stereocenters. The predicted octanol–water partition coefficient (Wildman–Crippen LogP) is 3.67. The first-order valence-electron chi connectivity index (χ1n) is 5.31. The fraction of sp³-hybridized carbons (Fsp3) is 0.333. The van der Waals surface area contributed by atoms with Crippen molar-refractivity contribution in [2.75, 3.05) is 0 Å². The molecule has 4 heteroatoms. The summed E-state index contributed by atoms with van der Waals surface area (Å²) in [5, 5.41) is 0.997. The molecule has 0 spiro atoms. The van der Waals surface area contributed by atoms with Gasteiger partial charge in [-0.05, 0) is 40.8 Å². The molecule has 0 radical (unpaired) electrons. The quantitative estimate of drug-likeness (QED) is 0.913. The topological polar surface area (TPSA) is 39.2 Å². The van der Waals surface area contributed by atoms with Gasteiger partial charge < -0.3 is 10.2 Å². The Bertz CT molecular complexity index is 560. The summed E-state index contributed by atoms with van der Waals surface area (Å²) in [5.41, 5.74) is 7.44. The average molecular weight is 284 g/mol. The summed E-state index contributed by atoms with van der Waals surface area (Å²) in [6, 6.07) is 3.21. The van der Waals surface area contributed by atoms with E-state index in [2.05, 4.69) is 15.9 Å². The van der Waals surface area contributed by atoms with Crippen molar-refractivity contribution >= 4 is 26.9 Å². The van der Waals surface area contributed by atoms with Crippen molar-refractivity contribution < 1.29 is 8.81 Å². The zero-order valence-electron chi connectivity index (χ0n) is 8.59. The van der Waals surface area contributed by atoms with Gasteiger partial charge in [-0.1, -0.05) is 0 Å². The number of halogens is 2. The lowest BCUT2D eigenvalue weighted by atomic mass is 10.1. The Morgan fingerprint density at radius 3 is 2.81 bits per heavy atom. The lowest BCUT2D eigenvalue weighted by Gasteiger charge is -1.98. The van der Waals surface area contributed by atoms with Crippen LogP contribution in [0.3, 0.4) is 0 Å². The molecule has 16 heavy (non-hydrogen) atoms. The highest BCUT2D eigenvalue weighted by atomic mass is 79.9. The molecule has 1 fully saturated rings. The highest BCUT2D eigenvalue weighted by Gasteiger charge is 2.30. The largest absolute Gasteiger partial charge is 0.459 e. The summed E-state index contributed by atoms with van der Waals surface area (Å²) in [6.45, 7) is 0.375. The number of hydrogen-bond acceptors (Lipinski definition) is 2. The van der Waals surface area contributed by atoms with E-state index in [9.17, 15) is 4.39 Å². The molecule has 2 nitrogen and oxygen atoms in total. The van der Waals surface area contributed by atoms with Crippen LogP contribution in [0.1, 0.15) is 30.1 Å².